The zero-order valence-corrected chi connectivity index (χ0v) is 20.2. The largest absolute Gasteiger partial charge is 0.448 e. The minimum absolute atomic E-state index is 0.0236. The van der Waals surface area contributed by atoms with Crippen molar-refractivity contribution in [3.63, 3.8) is 0 Å². The zero-order chi connectivity index (χ0) is 26.4. The molecule has 188 valence electrons. The third-order valence-corrected chi connectivity index (χ3v) is 6.74. The van der Waals surface area contributed by atoms with Crippen LogP contribution in [0.25, 0.3) is 11.1 Å². The molecule has 9 nitrogen and oxygen atoms in total. The van der Waals surface area contributed by atoms with E-state index in [-0.39, 0.29) is 29.3 Å². The number of carbonyl (C=O) groups excluding carboxylic acids is 4. The van der Waals surface area contributed by atoms with Crippen LogP contribution in [-0.2, 0) is 16.6 Å². The monoisotopic (exact) mass is 507 g/mol. The molecule has 9 heteroatoms. The van der Waals surface area contributed by atoms with Gasteiger partial charge in [0, 0.05) is 19.2 Å². The number of aromatic nitrogens is 1. The maximum absolute atomic E-state index is 12.8. The van der Waals surface area contributed by atoms with Gasteiger partial charge >= 0.3 is 12.1 Å². The van der Waals surface area contributed by atoms with Crippen molar-refractivity contribution < 1.29 is 28.8 Å². The average molecular weight is 508 g/mol. The number of aryl methyl sites for hydroxylation is 1. The summed E-state index contributed by atoms with van der Waals surface area (Å²) in [4.78, 5) is 55.5. The average Bonchev–Trinajstić information content (AvgIpc) is 3.53. The molecule has 0 bridgehead atoms. The van der Waals surface area contributed by atoms with Crippen molar-refractivity contribution in [3.8, 4) is 11.1 Å². The summed E-state index contributed by atoms with van der Waals surface area (Å²) in [5.74, 6) is -2.45. The van der Waals surface area contributed by atoms with E-state index < -0.39 is 23.9 Å². The van der Waals surface area contributed by atoms with Gasteiger partial charge in [-0.2, -0.15) is 0 Å². The second-order valence-electron chi connectivity index (χ2n) is 9.00. The summed E-state index contributed by atoms with van der Waals surface area (Å²) < 4.78 is 6.97. The summed E-state index contributed by atoms with van der Waals surface area (Å²) in [6, 6.07) is 23.7. The normalized spacial score (nSPS) is 13.7. The van der Waals surface area contributed by atoms with E-state index in [1.54, 1.807) is 19.2 Å². The number of imide groups is 1. The first kappa shape index (κ1) is 23.2. The van der Waals surface area contributed by atoms with Crippen molar-refractivity contribution in [2.24, 2.45) is 7.05 Å². The Bertz CT molecular complexity index is 1560. The number of rotatable bonds is 5. The Labute approximate surface area is 217 Å². The van der Waals surface area contributed by atoms with E-state index in [2.05, 4.69) is 17.4 Å². The highest BCUT2D eigenvalue weighted by Gasteiger charge is 2.39. The number of carbonyl (C=O) groups is 4. The Morgan fingerprint density at radius 1 is 0.816 bits per heavy atom. The van der Waals surface area contributed by atoms with Gasteiger partial charge in [-0.05, 0) is 40.5 Å². The molecule has 6 rings (SSSR count). The number of nitrogens with zero attached hydrogens (tertiary/aromatic N) is 2. The lowest BCUT2D eigenvalue weighted by atomic mass is 9.98. The molecule has 0 saturated carbocycles. The highest BCUT2D eigenvalue weighted by molar-refractivity contribution is 6.21. The van der Waals surface area contributed by atoms with Crippen LogP contribution in [0.4, 0.5) is 10.5 Å². The van der Waals surface area contributed by atoms with Gasteiger partial charge in [0.25, 0.3) is 11.8 Å². The van der Waals surface area contributed by atoms with Gasteiger partial charge in [0.05, 0.1) is 16.8 Å². The Balaban J connectivity index is 1.11. The Kier molecular flexibility index (Phi) is 5.53. The lowest BCUT2D eigenvalue weighted by Crippen LogP contribution is -2.33. The fraction of sp³-hybridized carbons (Fsp3) is 0.103. The predicted molar refractivity (Wildman–Crippen MR) is 136 cm³/mol. The van der Waals surface area contributed by atoms with Crippen molar-refractivity contribution in [1.82, 2.24) is 9.63 Å². The molecule has 1 aromatic heterocycles. The van der Waals surface area contributed by atoms with Gasteiger partial charge in [-0.3, -0.25) is 14.9 Å². The Hall–Kier alpha value is -5.18. The topological polar surface area (TPSA) is 107 Å². The Morgan fingerprint density at radius 2 is 1.34 bits per heavy atom. The SMILES string of the molecule is Cn1cc(NC(=O)OCC2c3ccccc3-c3ccccc32)cc1C(=O)ON1C(=O)c2ccccc2C1=O. The van der Waals surface area contributed by atoms with Crippen LogP contribution in [0.3, 0.4) is 0 Å². The van der Waals surface area contributed by atoms with Crippen LogP contribution < -0.4 is 5.32 Å². The maximum atomic E-state index is 12.8. The van der Waals surface area contributed by atoms with Crippen LogP contribution in [-0.4, -0.2) is 40.1 Å². The molecular weight excluding hydrogens is 486 g/mol. The molecule has 1 N–H and O–H groups in total. The van der Waals surface area contributed by atoms with E-state index in [1.165, 1.54) is 29.0 Å². The molecule has 3 amide bonds. The van der Waals surface area contributed by atoms with E-state index in [1.807, 2.05) is 36.4 Å². The minimum Gasteiger partial charge on any atom is -0.448 e. The first-order valence-corrected chi connectivity index (χ1v) is 11.9. The second-order valence-corrected chi connectivity index (χ2v) is 9.00. The van der Waals surface area contributed by atoms with Gasteiger partial charge in [-0.15, -0.1) is 0 Å². The lowest BCUT2D eigenvalue weighted by Gasteiger charge is -2.14. The second kappa shape index (κ2) is 9.04. The molecule has 0 saturated heterocycles. The molecule has 3 aromatic carbocycles. The number of benzene rings is 3. The third kappa shape index (κ3) is 3.81. The molecule has 38 heavy (non-hydrogen) atoms. The van der Waals surface area contributed by atoms with Crippen molar-refractivity contribution in [2.75, 3.05) is 11.9 Å². The van der Waals surface area contributed by atoms with Gasteiger partial charge in [0.15, 0.2) is 0 Å². The van der Waals surface area contributed by atoms with Crippen LogP contribution >= 0.6 is 0 Å². The number of amides is 3. The molecule has 0 atom stereocenters. The van der Waals surface area contributed by atoms with Gasteiger partial charge in [-0.25, -0.2) is 9.59 Å². The molecule has 0 radical (unpaired) electrons. The summed E-state index contributed by atoms with van der Waals surface area (Å²) >= 11 is 0. The van der Waals surface area contributed by atoms with Gasteiger partial charge in [0.2, 0.25) is 0 Å². The molecule has 2 aliphatic rings. The summed E-state index contributed by atoms with van der Waals surface area (Å²) in [6.45, 7) is 0.140. The van der Waals surface area contributed by atoms with Gasteiger partial charge in [-0.1, -0.05) is 65.7 Å². The number of hydroxylamine groups is 2. The van der Waals surface area contributed by atoms with Crippen LogP contribution in [0.5, 0.6) is 0 Å². The van der Waals surface area contributed by atoms with Crippen LogP contribution in [0.1, 0.15) is 48.2 Å². The van der Waals surface area contributed by atoms with Gasteiger partial charge < -0.3 is 14.1 Å². The van der Waals surface area contributed by atoms with E-state index >= 15 is 0 Å². The molecule has 0 unspecified atom stereocenters. The van der Waals surface area contributed by atoms with Crippen LogP contribution in [0.15, 0.2) is 85.1 Å². The summed E-state index contributed by atoms with van der Waals surface area (Å²) in [6.07, 6.45) is 0.818. The molecule has 4 aromatic rings. The quantitative estimate of drug-likeness (QED) is 0.391. The number of hydrogen-bond acceptors (Lipinski definition) is 6. The van der Waals surface area contributed by atoms with E-state index in [0.29, 0.717) is 10.8 Å². The zero-order valence-electron chi connectivity index (χ0n) is 20.2. The highest BCUT2D eigenvalue weighted by atomic mass is 16.7. The fourth-order valence-electron chi connectivity index (χ4n) is 4.97. The summed E-state index contributed by atoms with van der Waals surface area (Å²) in [5, 5.41) is 3.06. The standard InChI is InChI=1S/C29H21N3O6/c1-31-15-17(14-25(31)28(35)38-32-26(33)22-12-6-7-13-23(22)27(32)34)30-29(36)37-16-24-20-10-4-2-8-18(20)19-9-3-5-11-21(19)24/h2-15,24H,16H2,1H3,(H,30,36). The van der Waals surface area contributed by atoms with E-state index in [0.717, 1.165) is 22.3 Å². The lowest BCUT2D eigenvalue weighted by molar-refractivity contribution is -0.0590. The van der Waals surface area contributed by atoms with E-state index in [4.69, 9.17) is 9.57 Å². The summed E-state index contributed by atoms with van der Waals surface area (Å²) in [7, 11) is 1.57. The first-order valence-electron chi connectivity index (χ1n) is 11.9. The van der Waals surface area contributed by atoms with Crippen molar-refractivity contribution >= 4 is 29.6 Å². The third-order valence-electron chi connectivity index (χ3n) is 6.74. The predicted octanol–water partition coefficient (Wildman–Crippen LogP) is 4.75. The molecule has 0 fully saturated rings. The number of fused-ring (bicyclic) bond motifs is 4. The number of nitrogens with one attached hydrogen (secondary N) is 1. The van der Waals surface area contributed by atoms with Crippen molar-refractivity contribution in [2.45, 2.75) is 5.92 Å². The molecule has 1 aliphatic heterocycles. The Morgan fingerprint density at radius 3 is 1.92 bits per heavy atom. The van der Waals surface area contributed by atoms with Crippen molar-refractivity contribution in [3.05, 3.63) is 113 Å². The first-order chi connectivity index (χ1) is 18.4. The van der Waals surface area contributed by atoms with Gasteiger partial charge in [0.1, 0.15) is 12.3 Å². The number of anilines is 1. The van der Waals surface area contributed by atoms with Crippen LogP contribution in [0, 0.1) is 0 Å². The smallest absolute Gasteiger partial charge is 0.411 e. The fourth-order valence-corrected chi connectivity index (χ4v) is 4.97. The summed E-state index contributed by atoms with van der Waals surface area (Å²) in [5.41, 5.74) is 5.08. The minimum atomic E-state index is -0.928. The highest BCUT2D eigenvalue weighted by Crippen LogP contribution is 2.44. The number of ether oxygens (including phenoxy) is 1. The molecular formula is C29H21N3O6. The van der Waals surface area contributed by atoms with Crippen LogP contribution in [0.2, 0.25) is 0 Å². The van der Waals surface area contributed by atoms with E-state index in [9.17, 15) is 19.2 Å². The number of hydrogen-bond donors (Lipinski definition) is 1. The molecule has 2 heterocycles. The molecule has 1 aliphatic carbocycles. The maximum Gasteiger partial charge on any atom is 0.411 e. The van der Waals surface area contributed by atoms with Crippen molar-refractivity contribution in [1.29, 1.82) is 0 Å². The molecule has 0 spiro atoms.